The van der Waals surface area contributed by atoms with Gasteiger partial charge in [-0.25, -0.2) is 0 Å². The zero-order chi connectivity index (χ0) is 7.56. The highest BCUT2D eigenvalue weighted by Gasteiger charge is 2.25. The van der Waals surface area contributed by atoms with Gasteiger partial charge in [0.15, 0.2) is 0 Å². The third-order valence-electron chi connectivity index (χ3n) is 2.46. The summed E-state index contributed by atoms with van der Waals surface area (Å²) in [5.74, 6) is 0.661. The number of halogens is 1. The van der Waals surface area contributed by atoms with Crippen molar-refractivity contribution < 1.29 is 4.79 Å². The summed E-state index contributed by atoms with van der Waals surface area (Å²) in [7, 11) is 0. The van der Waals surface area contributed by atoms with E-state index in [4.69, 9.17) is 11.6 Å². The van der Waals surface area contributed by atoms with E-state index in [-0.39, 0.29) is 11.2 Å². The molecule has 10 heavy (non-hydrogen) atoms. The molecule has 0 heterocycles. The fourth-order valence-electron chi connectivity index (χ4n) is 1.64. The van der Waals surface area contributed by atoms with Crippen LogP contribution in [-0.2, 0) is 4.79 Å². The van der Waals surface area contributed by atoms with E-state index in [1.165, 1.54) is 25.7 Å². The van der Waals surface area contributed by atoms with Crippen molar-refractivity contribution in [2.45, 2.75) is 32.6 Å². The lowest BCUT2D eigenvalue weighted by Crippen LogP contribution is -2.13. The molecule has 0 amide bonds. The molecule has 1 saturated carbocycles. The van der Waals surface area contributed by atoms with Gasteiger partial charge in [0, 0.05) is 5.92 Å². The lowest BCUT2D eigenvalue weighted by atomic mass is 9.94. The lowest BCUT2D eigenvalue weighted by Gasteiger charge is -2.12. The van der Waals surface area contributed by atoms with Crippen molar-refractivity contribution in [1.82, 2.24) is 0 Å². The van der Waals surface area contributed by atoms with Crippen molar-refractivity contribution in [3.05, 3.63) is 0 Å². The molecule has 2 heteroatoms. The molecule has 1 aliphatic rings. The molecule has 0 radical (unpaired) electrons. The highest BCUT2D eigenvalue weighted by molar-refractivity contribution is 6.63. The van der Waals surface area contributed by atoms with Crippen molar-refractivity contribution in [3.63, 3.8) is 0 Å². The quantitative estimate of drug-likeness (QED) is 0.568. The highest BCUT2D eigenvalue weighted by atomic mass is 35.5. The molecule has 1 unspecified atom stereocenters. The SMILES string of the molecule is CC(C(=O)Cl)C1CCCC1. The van der Waals surface area contributed by atoms with Gasteiger partial charge >= 0.3 is 0 Å². The second-order valence-corrected chi connectivity index (χ2v) is 3.51. The van der Waals surface area contributed by atoms with E-state index in [1.54, 1.807) is 0 Å². The molecule has 0 spiro atoms. The predicted molar refractivity (Wildman–Crippen MR) is 42.0 cm³/mol. The van der Waals surface area contributed by atoms with Crippen molar-refractivity contribution in [2.24, 2.45) is 11.8 Å². The summed E-state index contributed by atoms with van der Waals surface area (Å²) < 4.78 is 0. The van der Waals surface area contributed by atoms with Gasteiger partial charge in [-0.1, -0.05) is 19.8 Å². The van der Waals surface area contributed by atoms with E-state index in [1.807, 2.05) is 6.92 Å². The summed E-state index contributed by atoms with van der Waals surface area (Å²) >= 11 is 5.37. The van der Waals surface area contributed by atoms with E-state index in [9.17, 15) is 4.79 Å². The van der Waals surface area contributed by atoms with Crippen molar-refractivity contribution in [1.29, 1.82) is 0 Å². The third kappa shape index (κ3) is 1.72. The second kappa shape index (κ2) is 3.38. The standard InChI is InChI=1S/C8H13ClO/c1-6(8(9)10)7-4-2-3-5-7/h6-7H,2-5H2,1H3. The molecule has 0 aliphatic heterocycles. The molecule has 1 atom stereocenters. The molecule has 0 aromatic carbocycles. The molecule has 1 nitrogen and oxygen atoms in total. The molecule has 0 aromatic heterocycles. The van der Waals surface area contributed by atoms with Gasteiger partial charge in [-0.05, 0) is 30.4 Å². The van der Waals surface area contributed by atoms with Crippen LogP contribution in [0.1, 0.15) is 32.6 Å². The van der Waals surface area contributed by atoms with Gasteiger partial charge in [0.25, 0.3) is 0 Å². The lowest BCUT2D eigenvalue weighted by molar-refractivity contribution is -0.116. The summed E-state index contributed by atoms with van der Waals surface area (Å²) in [6.07, 6.45) is 4.94. The summed E-state index contributed by atoms with van der Waals surface area (Å²) in [6, 6.07) is 0. The van der Waals surface area contributed by atoms with Crippen molar-refractivity contribution in [2.75, 3.05) is 0 Å². The summed E-state index contributed by atoms with van der Waals surface area (Å²) in [5.41, 5.74) is 0. The number of carbonyl (C=O) groups is 1. The van der Waals surface area contributed by atoms with E-state index in [0.717, 1.165) is 0 Å². The number of hydrogen-bond acceptors (Lipinski definition) is 1. The fraction of sp³-hybridized carbons (Fsp3) is 0.875. The third-order valence-corrected chi connectivity index (χ3v) is 2.81. The van der Waals surface area contributed by atoms with E-state index >= 15 is 0 Å². The molecule has 1 aliphatic carbocycles. The zero-order valence-electron chi connectivity index (χ0n) is 6.27. The van der Waals surface area contributed by atoms with Gasteiger partial charge in [-0.15, -0.1) is 0 Å². The largest absolute Gasteiger partial charge is 0.281 e. The molecule has 1 fully saturated rings. The van der Waals surface area contributed by atoms with Gasteiger partial charge in [0.1, 0.15) is 0 Å². The Bertz CT molecular complexity index is 127. The van der Waals surface area contributed by atoms with Crippen molar-refractivity contribution in [3.8, 4) is 0 Å². The van der Waals surface area contributed by atoms with Crippen LogP contribution in [0.25, 0.3) is 0 Å². The van der Waals surface area contributed by atoms with Crippen molar-refractivity contribution >= 4 is 16.8 Å². The maximum atomic E-state index is 10.7. The first-order valence-electron chi connectivity index (χ1n) is 3.91. The van der Waals surface area contributed by atoms with Crippen LogP contribution in [0.4, 0.5) is 0 Å². The van der Waals surface area contributed by atoms with E-state index in [0.29, 0.717) is 5.92 Å². The Morgan fingerprint density at radius 2 is 2.00 bits per heavy atom. The van der Waals surface area contributed by atoms with Crippen LogP contribution in [0.5, 0.6) is 0 Å². The maximum Gasteiger partial charge on any atom is 0.224 e. The molecular formula is C8H13ClO. The van der Waals surface area contributed by atoms with Crippen LogP contribution in [0, 0.1) is 11.8 Å². The Morgan fingerprint density at radius 1 is 1.50 bits per heavy atom. The topological polar surface area (TPSA) is 17.1 Å². The van der Waals surface area contributed by atoms with Gasteiger partial charge in [-0.2, -0.15) is 0 Å². The minimum Gasteiger partial charge on any atom is -0.281 e. The molecule has 0 N–H and O–H groups in total. The van der Waals surface area contributed by atoms with Gasteiger partial charge in [0.05, 0.1) is 0 Å². The Hall–Kier alpha value is -0.0400. The summed E-state index contributed by atoms with van der Waals surface area (Å²) in [5, 5.41) is -0.160. The molecule has 0 saturated heterocycles. The Balaban J connectivity index is 2.39. The Labute approximate surface area is 66.8 Å². The molecule has 0 bridgehead atoms. The van der Waals surface area contributed by atoms with Gasteiger partial charge < -0.3 is 0 Å². The number of hydrogen-bond donors (Lipinski definition) is 0. The van der Waals surface area contributed by atoms with Crippen LogP contribution >= 0.6 is 11.6 Å². The summed E-state index contributed by atoms with van der Waals surface area (Å²) in [4.78, 5) is 10.7. The monoisotopic (exact) mass is 160 g/mol. The van der Waals surface area contributed by atoms with E-state index in [2.05, 4.69) is 0 Å². The second-order valence-electron chi connectivity index (χ2n) is 3.14. The number of rotatable bonds is 2. The first-order chi connectivity index (χ1) is 4.72. The van der Waals surface area contributed by atoms with Crippen LogP contribution in [0.3, 0.4) is 0 Å². The summed E-state index contributed by atoms with van der Waals surface area (Å²) in [6.45, 7) is 1.94. The first-order valence-corrected chi connectivity index (χ1v) is 4.29. The van der Waals surface area contributed by atoms with Crippen LogP contribution in [0.2, 0.25) is 0 Å². The normalized spacial score (nSPS) is 23.0. The van der Waals surface area contributed by atoms with Gasteiger partial charge in [-0.3, -0.25) is 4.79 Å². The predicted octanol–water partition coefficient (Wildman–Crippen LogP) is 2.58. The number of carbonyl (C=O) groups excluding carboxylic acids is 1. The molecule has 58 valence electrons. The van der Waals surface area contributed by atoms with E-state index < -0.39 is 0 Å². The average Bonchev–Trinajstić information content (AvgIpc) is 2.36. The minimum absolute atomic E-state index is 0.0872. The van der Waals surface area contributed by atoms with Crippen LogP contribution in [0.15, 0.2) is 0 Å². The fourth-order valence-corrected chi connectivity index (χ4v) is 1.82. The molecule has 1 rings (SSSR count). The maximum absolute atomic E-state index is 10.7. The smallest absolute Gasteiger partial charge is 0.224 e. The Kier molecular flexibility index (Phi) is 2.72. The molecule has 0 aromatic rings. The first kappa shape index (κ1) is 8.06. The minimum atomic E-state index is -0.160. The molecular weight excluding hydrogens is 148 g/mol. The van der Waals surface area contributed by atoms with Crippen LogP contribution in [-0.4, -0.2) is 5.24 Å². The van der Waals surface area contributed by atoms with Gasteiger partial charge in [0.2, 0.25) is 5.24 Å². The Morgan fingerprint density at radius 3 is 2.40 bits per heavy atom. The average molecular weight is 161 g/mol. The zero-order valence-corrected chi connectivity index (χ0v) is 7.03. The van der Waals surface area contributed by atoms with Crippen LogP contribution < -0.4 is 0 Å². The highest BCUT2D eigenvalue weighted by Crippen LogP contribution is 2.31.